The Morgan fingerprint density at radius 2 is 1.89 bits per heavy atom. The van der Waals surface area contributed by atoms with E-state index in [1.807, 2.05) is 60.8 Å². The van der Waals surface area contributed by atoms with E-state index in [1.165, 1.54) is 11.3 Å². The van der Waals surface area contributed by atoms with Crippen LogP contribution in [0.15, 0.2) is 53.9 Å². The molecule has 2 heterocycles. The summed E-state index contributed by atoms with van der Waals surface area (Å²) in [7, 11) is 1.61. The van der Waals surface area contributed by atoms with E-state index in [-0.39, 0.29) is 0 Å². The number of hydrogen-bond acceptors (Lipinski definition) is 7. The Labute approximate surface area is 166 Å². The second-order valence-corrected chi connectivity index (χ2v) is 6.76. The van der Waals surface area contributed by atoms with Crippen molar-refractivity contribution in [2.45, 2.75) is 6.92 Å². The van der Waals surface area contributed by atoms with Crippen LogP contribution in [0.2, 0.25) is 0 Å². The molecule has 0 bridgehead atoms. The quantitative estimate of drug-likeness (QED) is 0.532. The third-order valence-corrected chi connectivity index (χ3v) is 5.04. The molecule has 28 heavy (non-hydrogen) atoms. The summed E-state index contributed by atoms with van der Waals surface area (Å²) in [4.78, 5) is 4.69. The highest BCUT2D eigenvalue weighted by atomic mass is 32.1. The normalized spacial score (nSPS) is 10.8. The number of rotatable bonds is 6. The van der Waals surface area contributed by atoms with Crippen molar-refractivity contribution in [2.75, 3.05) is 19.5 Å². The monoisotopic (exact) mass is 393 g/mol. The summed E-state index contributed by atoms with van der Waals surface area (Å²) in [6, 6.07) is 15.4. The van der Waals surface area contributed by atoms with Crippen LogP contribution in [-0.2, 0) is 0 Å². The van der Waals surface area contributed by atoms with Crippen LogP contribution in [0.4, 0.5) is 5.82 Å². The largest absolute Gasteiger partial charge is 0.494 e. The number of thiazole rings is 1. The second kappa shape index (κ2) is 7.69. The maximum absolute atomic E-state index is 6.32. The van der Waals surface area contributed by atoms with E-state index >= 15 is 0 Å². The molecule has 2 aromatic carbocycles. The number of ether oxygens (including phenoxy) is 2. The van der Waals surface area contributed by atoms with Gasteiger partial charge in [-0.3, -0.25) is 0 Å². The third-order valence-electron chi connectivity index (χ3n) is 4.19. The van der Waals surface area contributed by atoms with Crippen molar-refractivity contribution in [2.24, 2.45) is 0 Å². The van der Waals surface area contributed by atoms with Crippen molar-refractivity contribution in [1.82, 2.24) is 20.0 Å². The van der Waals surface area contributed by atoms with Gasteiger partial charge in [0.05, 0.1) is 19.4 Å². The highest BCUT2D eigenvalue weighted by molar-refractivity contribution is 7.13. The molecular formula is C20H19N5O2S. The average Bonchev–Trinajstić information content (AvgIpc) is 3.35. The summed E-state index contributed by atoms with van der Waals surface area (Å²) in [6.07, 6.45) is 0. The molecule has 4 rings (SSSR count). The van der Waals surface area contributed by atoms with Crippen molar-refractivity contribution in [1.29, 1.82) is 0 Å². The van der Waals surface area contributed by atoms with Crippen LogP contribution < -0.4 is 15.2 Å². The van der Waals surface area contributed by atoms with Crippen LogP contribution in [-0.4, -0.2) is 33.7 Å². The van der Waals surface area contributed by atoms with Crippen molar-refractivity contribution in [3.05, 3.63) is 53.9 Å². The number of hydrogen-bond donors (Lipinski definition) is 1. The first-order chi connectivity index (χ1) is 13.7. The lowest BCUT2D eigenvalue weighted by atomic mass is 10.2. The fourth-order valence-corrected chi connectivity index (χ4v) is 3.65. The van der Waals surface area contributed by atoms with E-state index in [0.29, 0.717) is 28.9 Å². The predicted octanol–water partition coefficient (Wildman–Crippen LogP) is 4.05. The average molecular weight is 393 g/mol. The molecule has 0 fully saturated rings. The number of nitrogens with zero attached hydrogens (tertiary/aromatic N) is 4. The van der Waals surface area contributed by atoms with E-state index in [4.69, 9.17) is 15.2 Å². The Hall–Kier alpha value is -3.39. The molecule has 0 radical (unpaired) electrons. The molecule has 0 aliphatic rings. The van der Waals surface area contributed by atoms with E-state index in [2.05, 4.69) is 15.3 Å². The Morgan fingerprint density at radius 3 is 2.64 bits per heavy atom. The van der Waals surface area contributed by atoms with Crippen LogP contribution in [0.5, 0.6) is 11.5 Å². The third kappa shape index (κ3) is 3.29. The first-order valence-electron chi connectivity index (χ1n) is 8.75. The maximum Gasteiger partial charge on any atom is 0.165 e. The predicted molar refractivity (Wildman–Crippen MR) is 110 cm³/mol. The van der Waals surface area contributed by atoms with Gasteiger partial charge in [-0.2, -0.15) is 4.68 Å². The van der Waals surface area contributed by atoms with Crippen LogP contribution in [0.1, 0.15) is 6.92 Å². The summed E-state index contributed by atoms with van der Waals surface area (Å²) in [6.45, 7) is 2.60. The molecule has 0 spiro atoms. The van der Waals surface area contributed by atoms with E-state index < -0.39 is 0 Å². The van der Waals surface area contributed by atoms with Gasteiger partial charge in [0.25, 0.3) is 0 Å². The summed E-state index contributed by atoms with van der Waals surface area (Å²) in [5.74, 6) is 1.92. The van der Waals surface area contributed by atoms with Crippen molar-refractivity contribution in [3.8, 4) is 39.1 Å². The molecule has 0 saturated heterocycles. The Kier molecular flexibility index (Phi) is 4.94. The molecule has 0 aliphatic carbocycles. The van der Waals surface area contributed by atoms with Gasteiger partial charge in [0, 0.05) is 10.9 Å². The van der Waals surface area contributed by atoms with Crippen LogP contribution >= 0.6 is 11.3 Å². The van der Waals surface area contributed by atoms with Crippen molar-refractivity contribution in [3.63, 3.8) is 0 Å². The molecule has 0 unspecified atom stereocenters. The number of nitrogens with two attached hydrogens (primary N) is 1. The molecule has 2 N–H and O–H groups in total. The van der Waals surface area contributed by atoms with Crippen molar-refractivity contribution >= 4 is 17.2 Å². The lowest BCUT2D eigenvalue weighted by Gasteiger charge is -2.08. The van der Waals surface area contributed by atoms with Gasteiger partial charge in [-0.1, -0.05) is 17.3 Å². The first-order valence-corrected chi connectivity index (χ1v) is 9.63. The summed E-state index contributed by atoms with van der Waals surface area (Å²) in [5, 5.41) is 11.1. The van der Waals surface area contributed by atoms with Gasteiger partial charge in [-0.25, -0.2) is 4.98 Å². The summed E-state index contributed by atoms with van der Waals surface area (Å²) in [5.41, 5.74) is 9.46. The zero-order chi connectivity index (χ0) is 19.5. The topological polar surface area (TPSA) is 88.1 Å². The molecule has 0 aliphatic heterocycles. The summed E-state index contributed by atoms with van der Waals surface area (Å²) < 4.78 is 12.4. The zero-order valence-electron chi connectivity index (χ0n) is 15.5. The summed E-state index contributed by atoms with van der Waals surface area (Å²) >= 11 is 1.48. The van der Waals surface area contributed by atoms with Crippen LogP contribution in [0.25, 0.3) is 27.6 Å². The molecule has 7 nitrogen and oxygen atoms in total. The number of aromatic nitrogens is 4. The van der Waals surface area contributed by atoms with Crippen LogP contribution in [0.3, 0.4) is 0 Å². The first kappa shape index (κ1) is 18.0. The SMILES string of the molecule is CCOc1ccc(-c2csc(-c3nnn(-c4ccccc4OC)c3N)n2)cc1. The van der Waals surface area contributed by atoms with Gasteiger partial charge < -0.3 is 15.2 Å². The standard InChI is InChI=1S/C20H19N5O2S/c1-3-27-14-10-8-13(9-11-14)15-12-28-20(22-15)18-19(21)25(24-23-18)16-6-4-5-7-17(16)26-2/h4-12H,3,21H2,1-2H3. The van der Waals surface area contributed by atoms with Crippen molar-refractivity contribution < 1.29 is 9.47 Å². The molecule has 142 valence electrons. The van der Waals surface area contributed by atoms with E-state index in [9.17, 15) is 0 Å². The minimum Gasteiger partial charge on any atom is -0.494 e. The molecule has 0 atom stereocenters. The molecule has 8 heteroatoms. The lowest BCUT2D eigenvalue weighted by molar-refractivity contribution is 0.340. The van der Waals surface area contributed by atoms with Gasteiger partial charge >= 0.3 is 0 Å². The van der Waals surface area contributed by atoms with Gasteiger partial charge in [-0.15, -0.1) is 16.4 Å². The maximum atomic E-state index is 6.32. The Morgan fingerprint density at radius 1 is 1.11 bits per heavy atom. The van der Waals surface area contributed by atoms with E-state index in [1.54, 1.807) is 11.8 Å². The van der Waals surface area contributed by atoms with Gasteiger partial charge in [0.2, 0.25) is 0 Å². The molecule has 2 aromatic heterocycles. The van der Waals surface area contributed by atoms with Crippen LogP contribution in [0, 0.1) is 0 Å². The highest BCUT2D eigenvalue weighted by Gasteiger charge is 2.18. The lowest BCUT2D eigenvalue weighted by Crippen LogP contribution is -2.04. The fourth-order valence-electron chi connectivity index (χ4n) is 2.83. The number of methoxy groups -OCH3 is 1. The zero-order valence-corrected chi connectivity index (χ0v) is 16.3. The number of benzene rings is 2. The smallest absolute Gasteiger partial charge is 0.165 e. The van der Waals surface area contributed by atoms with Gasteiger partial charge in [-0.05, 0) is 43.3 Å². The fraction of sp³-hybridized carbons (Fsp3) is 0.150. The van der Waals surface area contributed by atoms with Gasteiger partial charge in [0.15, 0.2) is 11.5 Å². The number of anilines is 1. The molecular weight excluding hydrogens is 374 g/mol. The highest BCUT2D eigenvalue weighted by Crippen LogP contribution is 2.33. The number of para-hydroxylation sites is 2. The minimum atomic E-state index is 0.414. The molecule has 0 saturated carbocycles. The Balaban J connectivity index is 1.65. The molecule has 0 amide bonds. The van der Waals surface area contributed by atoms with E-state index in [0.717, 1.165) is 22.7 Å². The van der Waals surface area contributed by atoms with Gasteiger partial charge in [0.1, 0.15) is 22.2 Å². The minimum absolute atomic E-state index is 0.414. The number of nitrogen functional groups attached to an aromatic ring is 1. The second-order valence-electron chi connectivity index (χ2n) is 5.90. The Bertz CT molecular complexity index is 1090. The molecule has 4 aromatic rings.